The van der Waals surface area contributed by atoms with Crippen LogP contribution >= 0.6 is 0 Å². The molecule has 2 aliphatic rings. The van der Waals surface area contributed by atoms with Gasteiger partial charge in [0.25, 0.3) is 0 Å². The zero-order valence-corrected chi connectivity index (χ0v) is 19.3. The van der Waals surface area contributed by atoms with E-state index in [0.717, 1.165) is 38.6 Å². The van der Waals surface area contributed by atoms with Crippen LogP contribution in [0.15, 0.2) is 10.6 Å². The van der Waals surface area contributed by atoms with Crippen LogP contribution in [0.4, 0.5) is 5.82 Å². The fourth-order valence-corrected chi connectivity index (χ4v) is 4.40. The number of piperidine rings is 1. The predicted molar refractivity (Wildman–Crippen MR) is 116 cm³/mol. The van der Waals surface area contributed by atoms with Crippen LogP contribution < -0.4 is 4.90 Å². The number of nitrogens with zero attached hydrogens (tertiary/aromatic N) is 3. The number of esters is 1. The van der Waals surface area contributed by atoms with Crippen molar-refractivity contribution < 1.29 is 23.6 Å². The van der Waals surface area contributed by atoms with Gasteiger partial charge in [0.05, 0.1) is 0 Å². The van der Waals surface area contributed by atoms with Crippen molar-refractivity contribution in [1.29, 1.82) is 0 Å². The Labute approximate surface area is 184 Å². The van der Waals surface area contributed by atoms with Crippen molar-refractivity contribution in [2.75, 3.05) is 24.5 Å². The lowest BCUT2D eigenvalue weighted by molar-refractivity contribution is -0.163. The monoisotopic (exact) mass is 433 g/mol. The third kappa shape index (κ3) is 5.46. The molecule has 0 spiro atoms. The third-order valence-electron chi connectivity index (χ3n) is 6.03. The molecule has 1 aromatic heterocycles. The maximum atomic E-state index is 13.5. The minimum atomic E-state index is -0.594. The van der Waals surface area contributed by atoms with Crippen molar-refractivity contribution in [2.45, 2.75) is 77.9 Å². The summed E-state index contributed by atoms with van der Waals surface area (Å²) in [5.74, 6) is 0.312. The summed E-state index contributed by atoms with van der Waals surface area (Å²) < 4.78 is 11.2. The molecular weight excluding hydrogens is 398 g/mol. The van der Waals surface area contributed by atoms with Crippen molar-refractivity contribution in [2.24, 2.45) is 11.8 Å². The molecule has 2 unspecified atom stereocenters. The van der Waals surface area contributed by atoms with Gasteiger partial charge in [0, 0.05) is 31.6 Å². The van der Waals surface area contributed by atoms with Gasteiger partial charge in [-0.05, 0) is 52.4 Å². The first-order valence-corrected chi connectivity index (χ1v) is 11.3. The molecule has 3 rings (SSSR count). The largest absolute Gasteiger partial charge is 0.458 e. The Morgan fingerprint density at radius 2 is 1.87 bits per heavy atom. The Balaban J connectivity index is 1.75. The maximum absolute atomic E-state index is 13.5. The fourth-order valence-electron chi connectivity index (χ4n) is 4.40. The van der Waals surface area contributed by atoms with Crippen molar-refractivity contribution in [3.63, 3.8) is 0 Å². The molecule has 2 atom stereocenters. The van der Waals surface area contributed by atoms with E-state index in [1.165, 1.54) is 0 Å². The number of aromatic nitrogens is 1. The number of aldehydes is 1. The molecule has 0 aliphatic carbocycles. The number of anilines is 1. The Bertz CT molecular complexity index is 789. The molecular formula is C23H35N3O5. The lowest BCUT2D eigenvalue weighted by Gasteiger charge is -2.30. The van der Waals surface area contributed by atoms with Crippen molar-refractivity contribution >= 4 is 24.0 Å². The number of hydrogen-bond donors (Lipinski definition) is 0. The van der Waals surface area contributed by atoms with Gasteiger partial charge >= 0.3 is 5.97 Å². The first-order valence-electron chi connectivity index (χ1n) is 11.3. The average Bonchev–Trinajstić information content (AvgIpc) is 3.36. The summed E-state index contributed by atoms with van der Waals surface area (Å²) in [4.78, 5) is 40.9. The molecule has 0 N–H and O–H groups in total. The van der Waals surface area contributed by atoms with E-state index in [2.05, 4.69) is 10.1 Å². The maximum Gasteiger partial charge on any atom is 0.329 e. The first kappa shape index (κ1) is 23.3. The summed E-state index contributed by atoms with van der Waals surface area (Å²) in [5, 5.41) is 4.21. The number of carbonyl (C=O) groups excluding carboxylic acids is 3. The second kappa shape index (κ2) is 9.40. The normalized spacial score (nSPS) is 21.4. The van der Waals surface area contributed by atoms with Crippen molar-refractivity contribution in [3.8, 4) is 0 Å². The minimum Gasteiger partial charge on any atom is -0.458 e. The second-order valence-electron chi connectivity index (χ2n) is 9.99. The molecule has 0 bridgehead atoms. The fraction of sp³-hybridized carbons (Fsp3) is 0.739. The van der Waals surface area contributed by atoms with Crippen LogP contribution in [0.25, 0.3) is 0 Å². The standard InChI is InChI=1S/C23H35N3O5/c1-15(2)20(18-13-19(24-31-18)25-11-8-16(14-27)9-12-25)21(28)26-10-6-7-17(26)22(29)30-23(3,4)5/h13-17,20H,6-12H2,1-5H3. The SMILES string of the molecule is CC(C)C(C(=O)N1CCCC1C(=O)OC(C)(C)C)c1cc(N2CCC(C=O)CC2)no1. The number of carbonyl (C=O) groups is 3. The molecule has 0 saturated carbocycles. The Kier molecular flexibility index (Phi) is 7.06. The molecule has 2 saturated heterocycles. The van der Waals surface area contributed by atoms with E-state index < -0.39 is 17.6 Å². The number of amides is 1. The molecule has 0 aromatic carbocycles. The van der Waals surface area contributed by atoms with Gasteiger partial charge in [0.2, 0.25) is 5.91 Å². The highest BCUT2D eigenvalue weighted by Crippen LogP contribution is 2.33. The lowest BCUT2D eigenvalue weighted by atomic mass is 9.91. The molecule has 8 nitrogen and oxygen atoms in total. The van der Waals surface area contributed by atoms with Crippen LogP contribution in [-0.2, 0) is 19.1 Å². The Morgan fingerprint density at radius 3 is 2.45 bits per heavy atom. The van der Waals surface area contributed by atoms with E-state index in [1.54, 1.807) is 4.90 Å². The highest BCUT2D eigenvalue weighted by Gasteiger charge is 2.41. The summed E-state index contributed by atoms with van der Waals surface area (Å²) in [6, 6.07) is 1.28. The predicted octanol–water partition coefficient (Wildman–Crippen LogP) is 3.16. The van der Waals surface area contributed by atoms with Gasteiger partial charge in [-0.3, -0.25) is 4.79 Å². The van der Waals surface area contributed by atoms with Gasteiger partial charge in [-0.1, -0.05) is 19.0 Å². The molecule has 2 aliphatic heterocycles. The summed E-state index contributed by atoms with van der Waals surface area (Å²) in [7, 11) is 0. The van der Waals surface area contributed by atoms with Gasteiger partial charge in [0.1, 0.15) is 23.8 Å². The smallest absolute Gasteiger partial charge is 0.329 e. The van der Waals surface area contributed by atoms with E-state index >= 15 is 0 Å². The number of ether oxygens (including phenoxy) is 1. The molecule has 1 amide bonds. The number of rotatable bonds is 6. The van der Waals surface area contributed by atoms with E-state index in [-0.39, 0.29) is 23.7 Å². The van der Waals surface area contributed by atoms with Crippen LogP contribution in [0, 0.1) is 11.8 Å². The van der Waals surface area contributed by atoms with Gasteiger partial charge in [-0.2, -0.15) is 0 Å². The zero-order chi connectivity index (χ0) is 22.8. The van der Waals surface area contributed by atoms with Crippen LogP contribution in [0.1, 0.15) is 72.0 Å². The second-order valence-corrected chi connectivity index (χ2v) is 9.99. The highest BCUT2D eigenvalue weighted by molar-refractivity contribution is 5.89. The van der Waals surface area contributed by atoms with E-state index in [4.69, 9.17) is 9.26 Å². The topological polar surface area (TPSA) is 93.0 Å². The molecule has 3 heterocycles. The molecule has 31 heavy (non-hydrogen) atoms. The Morgan fingerprint density at radius 1 is 1.19 bits per heavy atom. The average molecular weight is 434 g/mol. The molecule has 172 valence electrons. The molecule has 0 radical (unpaired) electrons. The third-order valence-corrected chi connectivity index (χ3v) is 6.03. The van der Waals surface area contributed by atoms with Crippen molar-refractivity contribution in [1.82, 2.24) is 10.1 Å². The van der Waals surface area contributed by atoms with Gasteiger partial charge in [-0.15, -0.1) is 0 Å². The van der Waals surface area contributed by atoms with Crippen LogP contribution in [0.3, 0.4) is 0 Å². The lowest BCUT2D eigenvalue weighted by Crippen LogP contribution is -2.46. The van der Waals surface area contributed by atoms with E-state index in [9.17, 15) is 14.4 Å². The minimum absolute atomic E-state index is 0.0195. The van der Waals surface area contributed by atoms with Crippen LogP contribution in [0.5, 0.6) is 0 Å². The molecule has 1 aromatic rings. The van der Waals surface area contributed by atoms with Gasteiger partial charge in [-0.25, -0.2) is 4.79 Å². The molecule has 8 heteroatoms. The number of likely N-dealkylation sites (tertiary alicyclic amines) is 1. The zero-order valence-electron chi connectivity index (χ0n) is 19.3. The van der Waals surface area contributed by atoms with Crippen LogP contribution in [-0.4, -0.2) is 59.5 Å². The quantitative estimate of drug-likeness (QED) is 0.502. The number of hydrogen-bond acceptors (Lipinski definition) is 7. The summed E-state index contributed by atoms with van der Waals surface area (Å²) in [6.45, 7) is 11.4. The summed E-state index contributed by atoms with van der Waals surface area (Å²) in [5.41, 5.74) is -0.594. The van der Waals surface area contributed by atoms with Gasteiger partial charge < -0.3 is 23.9 Å². The first-order chi connectivity index (χ1) is 14.6. The summed E-state index contributed by atoms with van der Waals surface area (Å²) in [6.07, 6.45) is 4.00. The van der Waals surface area contributed by atoms with Crippen molar-refractivity contribution in [3.05, 3.63) is 11.8 Å². The molecule has 2 fully saturated rings. The summed E-state index contributed by atoms with van der Waals surface area (Å²) >= 11 is 0. The van der Waals surface area contributed by atoms with E-state index in [1.807, 2.05) is 40.7 Å². The van der Waals surface area contributed by atoms with Crippen LogP contribution in [0.2, 0.25) is 0 Å². The van der Waals surface area contributed by atoms with E-state index in [0.29, 0.717) is 24.5 Å². The van der Waals surface area contributed by atoms with Gasteiger partial charge in [0.15, 0.2) is 11.6 Å². The Hall–Kier alpha value is -2.38. The highest BCUT2D eigenvalue weighted by atomic mass is 16.6.